The van der Waals surface area contributed by atoms with Gasteiger partial charge in [0.1, 0.15) is 0 Å². The summed E-state index contributed by atoms with van der Waals surface area (Å²) in [6, 6.07) is 5.48. The Labute approximate surface area is 118 Å². The number of piperazine rings is 1. The molecule has 1 aromatic rings. The second-order valence-electron chi connectivity index (χ2n) is 4.63. The van der Waals surface area contributed by atoms with Gasteiger partial charge in [0.2, 0.25) is 5.91 Å². The Kier molecular flexibility index (Phi) is 4.38. The van der Waals surface area contributed by atoms with E-state index in [0.717, 1.165) is 5.56 Å². The summed E-state index contributed by atoms with van der Waals surface area (Å²) in [6.45, 7) is 3.28. The Hall–Kier alpha value is -2.32. The number of nitrogens with zero attached hydrogens (tertiary/aromatic N) is 1. The van der Waals surface area contributed by atoms with Crippen LogP contribution >= 0.6 is 0 Å². The van der Waals surface area contributed by atoms with Gasteiger partial charge in [-0.2, -0.15) is 0 Å². The average Bonchev–Trinajstić information content (AvgIpc) is 2.44. The third kappa shape index (κ3) is 3.16. The number of hydrogen-bond donors (Lipinski definition) is 2. The number of benzene rings is 1. The van der Waals surface area contributed by atoms with Crippen LogP contribution in [0, 0.1) is 18.8 Å². The molecule has 1 aliphatic rings. The number of rotatable bonds is 1. The molecule has 0 saturated carbocycles. The van der Waals surface area contributed by atoms with Crippen LogP contribution < -0.4 is 11.1 Å². The first-order valence-corrected chi connectivity index (χ1v) is 6.47. The van der Waals surface area contributed by atoms with Gasteiger partial charge < -0.3 is 16.0 Å². The molecule has 0 spiro atoms. The molecule has 104 valence electrons. The van der Waals surface area contributed by atoms with Crippen molar-refractivity contribution >= 4 is 11.8 Å². The van der Waals surface area contributed by atoms with E-state index in [2.05, 4.69) is 17.2 Å². The Balaban J connectivity index is 2.31. The van der Waals surface area contributed by atoms with E-state index in [9.17, 15) is 9.59 Å². The second kappa shape index (κ2) is 6.22. The van der Waals surface area contributed by atoms with Crippen molar-refractivity contribution in [3.63, 3.8) is 0 Å². The van der Waals surface area contributed by atoms with Crippen LogP contribution in [-0.4, -0.2) is 42.9 Å². The minimum atomic E-state index is -0.166. The van der Waals surface area contributed by atoms with E-state index < -0.39 is 0 Å². The normalized spacial score (nSPS) is 14.3. The van der Waals surface area contributed by atoms with E-state index in [-0.39, 0.29) is 24.9 Å². The van der Waals surface area contributed by atoms with Crippen molar-refractivity contribution < 1.29 is 9.59 Å². The van der Waals surface area contributed by atoms with E-state index in [0.29, 0.717) is 24.2 Å². The van der Waals surface area contributed by atoms with Crippen LogP contribution in [0.4, 0.5) is 0 Å². The smallest absolute Gasteiger partial charge is 0.255 e. The van der Waals surface area contributed by atoms with Gasteiger partial charge >= 0.3 is 0 Å². The molecule has 0 unspecified atom stereocenters. The lowest BCUT2D eigenvalue weighted by Crippen LogP contribution is -2.50. The Morgan fingerprint density at radius 1 is 1.50 bits per heavy atom. The molecule has 0 radical (unpaired) electrons. The van der Waals surface area contributed by atoms with Crippen molar-refractivity contribution in [1.82, 2.24) is 10.2 Å². The molecule has 0 bridgehead atoms. The standard InChI is InChI=1S/C15H17N3O2/c1-11-4-5-13(12(9-11)3-2-6-16)15(20)18-8-7-17-14(19)10-18/h4-5,9H,6-8,10,16H2,1H3,(H,17,19). The lowest BCUT2D eigenvalue weighted by Gasteiger charge is -2.27. The second-order valence-corrected chi connectivity index (χ2v) is 4.63. The van der Waals surface area contributed by atoms with Crippen LogP contribution in [0.2, 0.25) is 0 Å². The highest BCUT2D eigenvalue weighted by Gasteiger charge is 2.23. The van der Waals surface area contributed by atoms with Gasteiger partial charge in [-0.3, -0.25) is 9.59 Å². The molecule has 20 heavy (non-hydrogen) atoms. The molecule has 5 heteroatoms. The monoisotopic (exact) mass is 271 g/mol. The SMILES string of the molecule is Cc1ccc(C(=O)N2CCNC(=O)C2)c(C#CCN)c1. The van der Waals surface area contributed by atoms with E-state index in [1.165, 1.54) is 4.90 Å². The fourth-order valence-electron chi connectivity index (χ4n) is 2.08. The van der Waals surface area contributed by atoms with Crippen LogP contribution in [0.15, 0.2) is 18.2 Å². The fraction of sp³-hybridized carbons (Fsp3) is 0.333. The van der Waals surface area contributed by atoms with Crippen molar-refractivity contribution in [2.24, 2.45) is 5.73 Å². The molecule has 0 aromatic heterocycles. The molecule has 0 atom stereocenters. The van der Waals surface area contributed by atoms with E-state index in [1.54, 1.807) is 6.07 Å². The molecule has 1 fully saturated rings. The maximum absolute atomic E-state index is 12.5. The number of nitrogens with one attached hydrogen (secondary N) is 1. The number of amides is 2. The third-order valence-electron chi connectivity index (χ3n) is 3.06. The first kappa shape index (κ1) is 14.1. The van der Waals surface area contributed by atoms with Gasteiger partial charge in [-0.05, 0) is 24.6 Å². The minimum absolute atomic E-state index is 0.0937. The molecule has 0 aliphatic carbocycles. The van der Waals surface area contributed by atoms with E-state index >= 15 is 0 Å². The van der Waals surface area contributed by atoms with Crippen molar-refractivity contribution in [2.45, 2.75) is 6.92 Å². The highest BCUT2D eigenvalue weighted by atomic mass is 16.2. The zero-order valence-electron chi connectivity index (χ0n) is 11.4. The quantitative estimate of drug-likeness (QED) is 0.699. The summed E-state index contributed by atoms with van der Waals surface area (Å²) >= 11 is 0. The summed E-state index contributed by atoms with van der Waals surface area (Å²) < 4.78 is 0. The van der Waals surface area contributed by atoms with Crippen LogP contribution in [0.5, 0.6) is 0 Å². The van der Waals surface area contributed by atoms with Crippen molar-refractivity contribution in [1.29, 1.82) is 0 Å². The van der Waals surface area contributed by atoms with Gasteiger partial charge in [0.25, 0.3) is 5.91 Å². The highest BCUT2D eigenvalue weighted by Crippen LogP contribution is 2.14. The summed E-state index contributed by atoms with van der Waals surface area (Å²) in [7, 11) is 0. The lowest BCUT2D eigenvalue weighted by molar-refractivity contribution is -0.123. The first-order valence-electron chi connectivity index (χ1n) is 6.47. The maximum atomic E-state index is 12.5. The number of aryl methyl sites for hydroxylation is 1. The van der Waals surface area contributed by atoms with Crippen LogP contribution in [0.25, 0.3) is 0 Å². The predicted octanol–water partition coefficient (Wildman–Crippen LogP) is -0.123. The van der Waals surface area contributed by atoms with Gasteiger partial charge in [-0.25, -0.2) is 0 Å². The fourth-order valence-corrected chi connectivity index (χ4v) is 2.08. The van der Waals surface area contributed by atoms with Crippen LogP contribution in [-0.2, 0) is 4.79 Å². The van der Waals surface area contributed by atoms with Crippen LogP contribution in [0.3, 0.4) is 0 Å². The molecule has 3 N–H and O–H groups in total. The van der Waals surface area contributed by atoms with Gasteiger partial charge in [0, 0.05) is 18.7 Å². The van der Waals surface area contributed by atoms with Gasteiger partial charge in [0.15, 0.2) is 0 Å². The Morgan fingerprint density at radius 3 is 3.00 bits per heavy atom. The van der Waals surface area contributed by atoms with Crippen molar-refractivity contribution in [2.75, 3.05) is 26.2 Å². The Bertz CT molecular complexity index is 599. The largest absolute Gasteiger partial charge is 0.353 e. The number of nitrogens with two attached hydrogens (primary N) is 1. The maximum Gasteiger partial charge on any atom is 0.255 e. The van der Waals surface area contributed by atoms with Gasteiger partial charge in [-0.15, -0.1) is 0 Å². The zero-order chi connectivity index (χ0) is 14.5. The third-order valence-corrected chi connectivity index (χ3v) is 3.06. The highest BCUT2D eigenvalue weighted by molar-refractivity contribution is 5.99. The summed E-state index contributed by atoms with van der Waals surface area (Å²) in [5, 5.41) is 2.70. The van der Waals surface area contributed by atoms with Gasteiger partial charge in [0.05, 0.1) is 18.7 Å². The van der Waals surface area contributed by atoms with Gasteiger partial charge in [-0.1, -0.05) is 17.9 Å². The average molecular weight is 271 g/mol. The summed E-state index contributed by atoms with van der Waals surface area (Å²) in [4.78, 5) is 25.4. The summed E-state index contributed by atoms with van der Waals surface area (Å²) in [6.07, 6.45) is 0. The molecule has 1 aromatic carbocycles. The minimum Gasteiger partial charge on any atom is -0.353 e. The molecule has 2 amide bonds. The zero-order valence-corrected chi connectivity index (χ0v) is 11.4. The van der Waals surface area contributed by atoms with Crippen molar-refractivity contribution in [3.05, 3.63) is 34.9 Å². The molecular formula is C15H17N3O2. The van der Waals surface area contributed by atoms with E-state index in [4.69, 9.17) is 5.73 Å². The number of carbonyl (C=O) groups is 2. The number of carbonyl (C=O) groups excluding carboxylic acids is 2. The topological polar surface area (TPSA) is 75.4 Å². The Morgan fingerprint density at radius 2 is 2.30 bits per heavy atom. The summed E-state index contributed by atoms with van der Waals surface area (Å²) in [5.74, 6) is 5.39. The van der Waals surface area contributed by atoms with Crippen molar-refractivity contribution in [3.8, 4) is 11.8 Å². The van der Waals surface area contributed by atoms with Crippen LogP contribution in [0.1, 0.15) is 21.5 Å². The number of hydrogen-bond acceptors (Lipinski definition) is 3. The predicted molar refractivity (Wildman–Crippen MR) is 76.0 cm³/mol. The molecule has 2 rings (SSSR count). The molecule has 1 saturated heterocycles. The molecule has 5 nitrogen and oxygen atoms in total. The molecule has 1 heterocycles. The lowest BCUT2D eigenvalue weighted by atomic mass is 10.0. The van der Waals surface area contributed by atoms with E-state index in [1.807, 2.05) is 19.1 Å². The first-order chi connectivity index (χ1) is 9.61. The molecule has 1 aliphatic heterocycles. The molecular weight excluding hydrogens is 254 g/mol. The summed E-state index contributed by atoms with van der Waals surface area (Å²) in [5.41, 5.74) is 7.59.